The Hall–Kier alpha value is -1.35. The fraction of sp³-hybridized carbons (Fsp3) is 0.364. The van der Waals surface area contributed by atoms with E-state index in [2.05, 4.69) is 11.6 Å². The van der Waals surface area contributed by atoms with Gasteiger partial charge in [0.25, 0.3) is 0 Å². The van der Waals surface area contributed by atoms with Gasteiger partial charge < -0.3 is 10.5 Å². The smallest absolute Gasteiger partial charge is 0.218 e. The van der Waals surface area contributed by atoms with Crippen LogP contribution in [-0.4, -0.2) is 11.6 Å². The summed E-state index contributed by atoms with van der Waals surface area (Å²) in [6, 6.07) is 2.00. The molecule has 76 valence electrons. The minimum Gasteiger partial charge on any atom is -0.473 e. The molecule has 1 aromatic heterocycles. The Kier molecular flexibility index (Phi) is 3.65. The van der Waals surface area contributed by atoms with E-state index in [1.54, 1.807) is 6.08 Å². The number of nitrogens with zero attached hydrogens (tertiary/aromatic N) is 1. The Morgan fingerprint density at radius 2 is 2.29 bits per heavy atom. The van der Waals surface area contributed by atoms with Gasteiger partial charge in [0.2, 0.25) is 5.88 Å². The zero-order chi connectivity index (χ0) is 10.6. The third-order valence-electron chi connectivity index (χ3n) is 1.98. The lowest BCUT2D eigenvalue weighted by Gasteiger charge is -2.11. The van der Waals surface area contributed by atoms with Crippen molar-refractivity contribution >= 4 is 0 Å². The summed E-state index contributed by atoms with van der Waals surface area (Å²) >= 11 is 0. The Morgan fingerprint density at radius 3 is 2.86 bits per heavy atom. The Labute approximate surface area is 84.6 Å². The van der Waals surface area contributed by atoms with E-state index < -0.39 is 0 Å². The second kappa shape index (κ2) is 4.77. The van der Waals surface area contributed by atoms with E-state index in [0.29, 0.717) is 19.0 Å². The first-order valence-corrected chi connectivity index (χ1v) is 4.60. The molecule has 0 aliphatic carbocycles. The maximum Gasteiger partial charge on any atom is 0.218 e. The van der Waals surface area contributed by atoms with Crippen LogP contribution < -0.4 is 10.5 Å². The first-order valence-electron chi connectivity index (χ1n) is 4.60. The summed E-state index contributed by atoms with van der Waals surface area (Å²) in [7, 11) is 0. The summed E-state index contributed by atoms with van der Waals surface area (Å²) in [5, 5.41) is 0. The van der Waals surface area contributed by atoms with Gasteiger partial charge in [0.1, 0.15) is 6.61 Å². The molecule has 0 unspecified atom stereocenters. The van der Waals surface area contributed by atoms with Crippen LogP contribution in [0.5, 0.6) is 5.88 Å². The Morgan fingerprint density at radius 1 is 1.57 bits per heavy atom. The highest BCUT2D eigenvalue weighted by Gasteiger charge is 2.07. The Balaban J connectivity index is 3.04. The molecular weight excluding hydrogens is 176 g/mol. The van der Waals surface area contributed by atoms with Crippen LogP contribution in [0.4, 0.5) is 0 Å². The number of ether oxygens (including phenoxy) is 1. The van der Waals surface area contributed by atoms with Gasteiger partial charge >= 0.3 is 0 Å². The van der Waals surface area contributed by atoms with Crippen molar-refractivity contribution in [2.24, 2.45) is 5.73 Å². The molecule has 0 spiro atoms. The molecule has 1 rings (SSSR count). The van der Waals surface area contributed by atoms with Gasteiger partial charge in [0, 0.05) is 17.8 Å². The maximum absolute atomic E-state index is 5.63. The zero-order valence-electron chi connectivity index (χ0n) is 8.71. The van der Waals surface area contributed by atoms with Gasteiger partial charge in [-0.3, -0.25) is 0 Å². The summed E-state index contributed by atoms with van der Waals surface area (Å²) < 4.78 is 5.43. The second-order valence-corrected chi connectivity index (χ2v) is 3.17. The minimum atomic E-state index is 0.450. The van der Waals surface area contributed by atoms with Crippen molar-refractivity contribution in [1.29, 1.82) is 0 Å². The second-order valence-electron chi connectivity index (χ2n) is 3.17. The van der Waals surface area contributed by atoms with Gasteiger partial charge in [-0.1, -0.05) is 12.7 Å². The molecule has 3 heteroatoms. The molecule has 0 saturated carbocycles. The molecule has 0 amide bonds. The number of nitrogens with two attached hydrogens (primary N) is 1. The van der Waals surface area contributed by atoms with Crippen molar-refractivity contribution in [2.75, 3.05) is 6.61 Å². The lowest BCUT2D eigenvalue weighted by molar-refractivity contribution is 0.343. The fourth-order valence-electron chi connectivity index (χ4n) is 1.33. The van der Waals surface area contributed by atoms with E-state index in [1.165, 1.54) is 0 Å². The number of rotatable bonds is 4. The summed E-state index contributed by atoms with van der Waals surface area (Å²) in [5.74, 6) is 0.630. The highest BCUT2D eigenvalue weighted by Crippen LogP contribution is 2.20. The molecule has 0 fully saturated rings. The molecule has 0 aliphatic heterocycles. The van der Waals surface area contributed by atoms with E-state index in [1.807, 2.05) is 19.9 Å². The van der Waals surface area contributed by atoms with Gasteiger partial charge in [0.05, 0.1) is 0 Å². The normalized spacial score (nSPS) is 9.93. The van der Waals surface area contributed by atoms with Crippen LogP contribution in [0.1, 0.15) is 16.8 Å². The Bertz CT molecular complexity index is 334. The molecule has 0 atom stereocenters. The van der Waals surface area contributed by atoms with Crippen LogP contribution in [0.3, 0.4) is 0 Å². The van der Waals surface area contributed by atoms with E-state index in [4.69, 9.17) is 10.5 Å². The molecule has 2 N–H and O–H groups in total. The first kappa shape index (κ1) is 10.7. The fourth-order valence-corrected chi connectivity index (χ4v) is 1.33. The number of aromatic nitrogens is 1. The van der Waals surface area contributed by atoms with Crippen LogP contribution >= 0.6 is 0 Å². The summed E-state index contributed by atoms with van der Waals surface area (Å²) in [4.78, 5) is 4.29. The molecule has 0 saturated heterocycles. The quantitative estimate of drug-likeness (QED) is 0.739. The number of pyridine rings is 1. The zero-order valence-corrected chi connectivity index (χ0v) is 8.71. The van der Waals surface area contributed by atoms with Gasteiger partial charge in [0.15, 0.2) is 0 Å². The molecule has 3 nitrogen and oxygen atoms in total. The molecule has 0 bridgehead atoms. The van der Waals surface area contributed by atoms with E-state index >= 15 is 0 Å². The topological polar surface area (TPSA) is 48.1 Å². The van der Waals surface area contributed by atoms with Crippen LogP contribution in [0, 0.1) is 13.8 Å². The van der Waals surface area contributed by atoms with E-state index in [-0.39, 0.29) is 0 Å². The van der Waals surface area contributed by atoms with Crippen molar-refractivity contribution in [2.45, 2.75) is 20.4 Å². The predicted octanol–water partition coefficient (Wildman–Crippen LogP) is 1.72. The summed E-state index contributed by atoms with van der Waals surface area (Å²) in [6.07, 6.45) is 1.69. The van der Waals surface area contributed by atoms with Crippen molar-refractivity contribution < 1.29 is 4.74 Å². The monoisotopic (exact) mass is 192 g/mol. The SMILES string of the molecule is C=CCOc1nc(C)cc(C)c1CN. The molecule has 0 aliphatic rings. The number of hydrogen-bond donors (Lipinski definition) is 1. The third-order valence-corrected chi connectivity index (χ3v) is 1.98. The number of aryl methyl sites for hydroxylation is 2. The number of hydrogen-bond acceptors (Lipinski definition) is 3. The average Bonchev–Trinajstić information content (AvgIpc) is 2.14. The van der Waals surface area contributed by atoms with Crippen LogP contribution in [0.15, 0.2) is 18.7 Å². The average molecular weight is 192 g/mol. The van der Waals surface area contributed by atoms with E-state index in [9.17, 15) is 0 Å². The maximum atomic E-state index is 5.63. The van der Waals surface area contributed by atoms with Crippen molar-refractivity contribution in [1.82, 2.24) is 4.98 Å². The highest BCUT2D eigenvalue weighted by atomic mass is 16.5. The highest BCUT2D eigenvalue weighted by molar-refractivity contribution is 5.35. The van der Waals surface area contributed by atoms with Crippen LogP contribution in [0.25, 0.3) is 0 Å². The van der Waals surface area contributed by atoms with Crippen LogP contribution in [-0.2, 0) is 6.54 Å². The van der Waals surface area contributed by atoms with Gasteiger partial charge in [-0.15, -0.1) is 0 Å². The van der Waals surface area contributed by atoms with Crippen molar-refractivity contribution in [3.8, 4) is 5.88 Å². The molecule has 1 aromatic rings. The lowest BCUT2D eigenvalue weighted by Crippen LogP contribution is -2.07. The minimum absolute atomic E-state index is 0.450. The largest absolute Gasteiger partial charge is 0.473 e. The molecule has 0 aromatic carbocycles. The predicted molar refractivity (Wildman–Crippen MR) is 57.3 cm³/mol. The lowest BCUT2D eigenvalue weighted by atomic mass is 10.1. The summed E-state index contributed by atoms with van der Waals surface area (Å²) in [5.41, 5.74) is 8.66. The molecule has 1 heterocycles. The van der Waals surface area contributed by atoms with Crippen LogP contribution in [0.2, 0.25) is 0 Å². The molecule has 14 heavy (non-hydrogen) atoms. The standard InChI is InChI=1S/C11H16N2O/c1-4-5-14-11-10(7-12)8(2)6-9(3)13-11/h4,6H,1,5,7,12H2,2-3H3. The van der Waals surface area contributed by atoms with Crippen molar-refractivity contribution in [3.05, 3.63) is 35.5 Å². The van der Waals surface area contributed by atoms with Crippen molar-refractivity contribution in [3.63, 3.8) is 0 Å². The third kappa shape index (κ3) is 2.33. The first-order chi connectivity index (χ1) is 6.69. The molecular formula is C11H16N2O. The van der Waals surface area contributed by atoms with Gasteiger partial charge in [-0.05, 0) is 25.5 Å². The van der Waals surface area contributed by atoms with Gasteiger partial charge in [-0.25, -0.2) is 4.98 Å². The van der Waals surface area contributed by atoms with E-state index in [0.717, 1.165) is 16.8 Å². The van der Waals surface area contributed by atoms with Gasteiger partial charge in [-0.2, -0.15) is 0 Å². The summed E-state index contributed by atoms with van der Waals surface area (Å²) in [6.45, 7) is 8.45. The molecule has 0 radical (unpaired) electrons.